The fourth-order valence-electron chi connectivity index (χ4n) is 1.54. The van der Waals surface area contributed by atoms with Crippen molar-refractivity contribution in [1.29, 1.82) is 0 Å². The number of hydrogen-bond donors (Lipinski definition) is 2. The van der Waals surface area contributed by atoms with E-state index in [9.17, 15) is 9.18 Å². The quantitative estimate of drug-likeness (QED) is 0.759. The maximum absolute atomic E-state index is 13.4. The maximum Gasteiger partial charge on any atom is 0.251 e. The molecule has 1 atom stereocenters. The topological polar surface area (TPSA) is 64.3 Å². The molecule has 0 bridgehead atoms. The molecular weight excluding hydrogens is 235 g/mol. The summed E-state index contributed by atoms with van der Waals surface area (Å²) in [6, 6.07) is 4.26. The highest BCUT2D eigenvalue weighted by Gasteiger charge is 2.09. The Labute approximate surface area is 106 Å². The van der Waals surface area contributed by atoms with Crippen LogP contribution in [0.1, 0.15) is 30.1 Å². The van der Waals surface area contributed by atoms with Gasteiger partial charge in [0.1, 0.15) is 0 Å². The van der Waals surface area contributed by atoms with Gasteiger partial charge in [0, 0.05) is 18.2 Å². The van der Waals surface area contributed by atoms with Crippen molar-refractivity contribution in [2.24, 2.45) is 5.73 Å². The Balaban J connectivity index is 2.49. The van der Waals surface area contributed by atoms with Crippen molar-refractivity contribution in [3.05, 3.63) is 29.6 Å². The fourth-order valence-corrected chi connectivity index (χ4v) is 1.54. The monoisotopic (exact) mass is 254 g/mol. The Bertz CT molecular complexity index is 408. The molecule has 1 aromatic rings. The van der Waals surface area contributed by atoms with E-state index in [0.717, 1.165) is 12.8 Å². The van der Waals surface area contributed by atoms with Gasteiger partial charge in [0.2, 0.25) is 0 Å². The van der Waals surface area contributed by atoms with E-state index >= 15 is 0 Å². The van der Waals surface area contributed by atoms with Crippen molar-refractivity contribution < 1.29 is 13.9 Å². The highest BCUT2D eigenvalue weighted by Crippen LogP contribution is 2.17. The van der Waals surface area contributed by atoms with E-state index < -0.39 is 5.82 Å². The minimum absolute atomic E-state index is 0.125. The number of ether oxygens (including phenoxy) is 1. The maximum atomic E-state index is 13.4. The highest BCUT2D eigenvalue weighted by atomic mass is 19.1. The van der Waals surface area contributed by atoms with Crippen LogP contribution in [0.4, 0.5) is 4.39 Å². The lowest BCUT2D eigenvalue weighted by Gasteiger charge is -2.08. The molecule has 3 N–H and O–H groups in total. The zero-order valence-electron chi connectivity index (χ0n) is 10.7. The standard InChI is InChI=1S/C13H19FN2O2/c1-9(15)4-3-7-16-13(17)10-5-6-12(18-2)11(14)8-10/h5-6,8-9H,3-4,7,15H2,1-2H3,(H,16,17). The van der Waals surface area contributed by atoms with Gasteiger partial charge in [-0.2, -0.15) is 0 Å². The molecule has 1 unspecified atom stereocenters. The second-order valence-electron chi connectivity index (χ2n) is 4.22. The van der Waals surface area contributed by atoms with Crippen molar-refractivity contribution in [2.45, 2.75) is 25.8 Å². The lowest BCUT2D eigenvalue weighted by atomic mass is 10.1. The third-order valence-electron chi connectivity index (χ3n) is 2.54. The molecule has 0 aliphatic heterocycles. The molecular formula is C13H19FN2O2. The van der Waals surface area contributed by atoms with Crippen LogP contribution in [0.3, 0.4) is 0 Å². The van der Waals surface area contributed by atoms with E-state index in [0.29, 0.717) is 6.54 Å². The third kappa shape index (κ3) is 4.33. The molecule has 0 spiro atoms. The lowest BCUT2D eigenvalue weighted by molar-refractivity contribution is 0.0952. The summed E-state index contributed by atoms with van der Waals surface area (Å²) in [4.78, 5) is 11.7. The fraction of sp³-hybridized carbons (Fsp3) is 0.462. The zero-order valence-corrected chi connectivity index (χ0v) is 10.7. The smallest absolute Gasteiger partial charge is 0.251 e. The normalized spacial score (nSPS) is 12.0. The Kier molecular flexibility index (Phi) is 5.58. The first-order valence-corrected chi connectivity index (χ1v) is 5.92. The van der Waals surface area contributed by atoms with Crippen molar-refractivity contribution >= 4 is 5.91 Å². The van der Waals surface area contributed by atoms with Gasteiger partial charge in [0.25, 0.3) is 5.91 Å². The zero-order chi connectivity index (χ0) is 13.5. The molecule has 0 fully saturated rings. The minimum Gasteiger partial charge on any atom is -0.494 e. The lowest BCUT2D eigenvalue weighted by Crippen LogP contribution is -2.26. The molecule has 18 heavy (non-hydrogen) atoms. The number of halogens is 1. The SMILES string of the molecule is COc1ccc(C(=O)NCCCC(C)N)cc1F. The third-order valence-corrected chi connectivity index (χ3v) is 2.54. The molecule has 0 saturated carbocycles. The van der Waals surface area contributed by atoms with Gasteiger partial charge < -0.3 is 15.8 Å². The van der Waals surface area contributed by atoms with Crippen LogP contribution in [-0.2, 0) is 0 Å². The summed E-state index contributed by atoms with van der Waals surface area (Å²) in [7, 11) is 1.38. The van der Waals surface area contributed by atoms with Gasteiger partial charge in [-0.1, -0.05) is 0 Å². The van der Waals surface area contributed by atoms with E-state index in [1.54, 1.807) is 0 Å². The van der Waals surface area contributed by atoms with Crippen molar-refractivity contribution in [3.8, 4) is 5.75 Å². The van der Waals surface area contributed by atoms with Gasteiger partial charge in [-0.15, -0.1) is 0 Å². The van der Waals surface area contributed by atoms with E-state index in [4.69, 9.17) is 10.5 Å². The Morgan fingerprint density at radius 3 is 2.83 bits per heavy atom. The Hall–Kier alpha value is -1.62. The number of benzene rings is 1. The van der Waals surface area contributed by atoms with Gasteiger partial charge in [-0.3, -0.25) is 4.79 Å². The molecule has 1 amide bonds. The molecule has 0 radical (unpaired) electrons. The van der Waals surface area contributed by atoms with Crippen molar-refractivity contribution in [3.63, 3.8) is 0 Å². The molecule has 0 heterocycles. The largest absolute Gasteiger partial charge is 0.494 e. The molecule has 0 aliphatic carbocycles. The van der Waals surface area contributed by atoms with Gasteiger partial charge in [0.05, 0.1) is 7.11 Å². The number of rotatable bonds is 6. The van der Waals surface area contributed by atoms with E-state index in [-0.39, 0.29) is 23.3 Å². The number of carbonyl (C=O) groups excluding carboxylic acids is 1. The number of hydrogen-bond acceptors (Lipinski definition) is 3. The van der Waals surface area contributed by atoms with Crippen molar-refractivity contribution in [1.82, 2.24) is 5.32 Å². The Morgan fingerprint density at radius 1 is 1.56 bits per heavy atom. The number of methoxy groups -OCH3 is 1. The van der Waals surface area contributed by atoms with Crippen LogP contribution in [-0.4, -0.2) is 25.6 Å². The second-order valence-corrected chi connectivity index (χ2v) is 4.22. The first kappa shape index (κ1) is 14.4. The van der Waals surface area contributed by atoms with Gasteiger partial charge in [-0.05, 0) is 38.0 Å². The summed E-state index contributed by atoms with van der Waals surface area (Å²) >= 11 is 0. The van der Waals surface area contributed by atoms with E-state index in [1.807, 2.05) is 6.92 Å². The summed E-state index contributed by atoms with van der Waals surface area (Å²) in [5.74, 6) is -0.703. The summed E-state index contributed by atoms with van der Waals surface area (Å²) in [6.45, 7) is 2.45. The number of nitrogens with one attached hydrogen (secondary N) is 1. The molecule has 1 aromatic carbocycles. The van der Waals surface area contributed by atoms with Crippen molar-refractivity contribution in [2.75, 3.05) is 13.7 Å². The molecule has 5 heteroatoms. The molecule has 100 valence electrons. The number of amides is 1. The van der Waals surface area contributed by atoms with Crippen LogP contribution >= 0.6 is 0 Å². The summed E-state index contributed by atoms with van der Waals surface area (Å²) in [6.07, 6.45) is 1.65. The average Bonchev–Trinajstić information content (AvgIpc) is 2.34. The first-order chi connectivity index (χ1) is 8.54. The second kappa shape index (κ2) is 6.96. The van der Waals surface area contributed by atoms with Gasteiger partial charge in [0.15, 0.2) is 11.6 Å². The molecule has 4 nitrogen and oxygen atoms in total. The Morgan fingerprint density at radius 2 is 2.28 bits per heavy atom. The van der Waals surface area contributed by atoms with Crippen LogP contribution in [0.15, 0.2) is 18.2 Å². The molecule has 0 aromatic heterocycles. The van der Waals surface area contributed by atoms with Crippen LogP contribution in [0.5, 0.6) is 5.75 Å². The summed E-state index contributed by atoms with van der Waals surface area (Å²) in [5.41, 5.74) is 5.88. The first-order valence-electron chi connectivity index (χ1n) is 5.92. The number of carbonyl (C=O) groups is 1. The predicted molar refractivity (Wildman–Crippen MR) is 68.2 cm³/mol. The summed E-state index contributed by atoms with van der Waals surface area (Å²) in [5, 5.41) is 2.72. The van der Waals surface area contributed by atoms with Gasteiger partial charge >= 0.3 is 0 Å². The van der Waals surface area contributed by atoms with E-state index in [1.165, 1.54) is 25.3 Å². The summed E-state index contributed by atoms with van der Waals surface area (Å²) < 4.78 is 18.2. The highest BCUT2D eigenvalue weighted by molar-refractivity contribution is 5.94. The molecule has 1 rings (SSSR count). The van der Waals surface area contributed by atoms with Crippen LogP contribution < -0.4 is 15.8 Å². The van der Waals surface area contributed by atoms with Gasteiger partial charge in [-0.25, -0.2) is 4.39 Å². The number of nitrogens with two attached hydrogens (primary N) is 1. The van der Waals surface area contributed by atoms with E-state index in [2.05, 4.69) is 5.32 Å². The predicted octanol–water partition coefficient (Wildman–Crippen LogP) is 1.69. The van der Waals surface area contributed by atoms with Crippen LogP contribution in [0.2, 0.25) is 0 Å². The van der Waals surface area contributed by atoms with Crippen LogP contribution in [0.25, 0.3) is 0 Å². The molecule has 0 aliphatic rings. The average molecular weight is 254 g/mol. The van der Waals surface area contributed by atoms with Crippen LogP contribution in [0, 0.1) is 5.82 Å². The molecule has 0 saturated heterocycles. The minimum atomic E-state index is -0.541.